The topological polar surface area (TPSA) is 45.0 Å². The Hall–Kier alpha value is -1.53. The summed E-state index contributed by atoms with van der Waals surface area (Å²) in [5.74, 6) is 0.941. The van der Waals surface area contributed by atoms with Crippen LogP contribution in [0.1, 0.15) is 38.2 Å². The van der Waals surface area contributed by atoms with Crippen LogP contribution >= 0.6 is 0 Å². The Kier molecular flexibility index (Phi) is 4.44. The maximum absolute atomic E-state index is 9.41. The third-order valence-electron chi connectivity index (χ3n) is 3.78. The van der Waals surface area contributed by atoms with Crippen molar-refractivity contribution in [2.45, 2.75) is 51.2 Å². The summed E-state index contributed by atoms with van der Waals surface area (Å²) >= 11 is 0. The van der Waals surface area contributed by atoms with E-state index in [4.69, 9.17) is 4.74 Å². The number of benzene rings is 1. The highest BCUT2D eigenvalue weighted by molar-refractivity contribution is 5.32. The maximum Gasteiger partial charge on any atom is 0.122 e. The van der Waals surface area contributed by atoms with Crippen molar-refractivity contribution in [2.75, 3.05) is 6.54 Å². The molecule has 3 heteroatoms. The third kappa shape index (κ3) is 3.27. The van der Waals surface area contributed by atoms with E-state index in [9.17, 15) is 5.26 Å². The van der Waals surface area contributed by atoms with E-state index in [1.807, 2.05) is 18.2 Å². The largest absolute Gasteiger partial charge is 0.490 e. The Balaban J connectivity index is 1.98. The van der Waals surface area contributed by atoms with Gasteiger partial charge in [0.1, 0.15) is 17.4 Å². The molecule has 0 saturated heterocycles. The number of nitrogens with zero attached hydrogens (tertiary/aromatic N) is 1. The third-order valence-corrected chi connectivity index (χ3v) is 3.78. The highest BCUT2D eigenvalue weighted by Crippen LogP contribution is 2.33. The van der Waals surface area contributed by atoms with Crippen molar-refractivity contribution in [3.05, 3.63) is 29.8 Å². The number of hydrogen-bond donors (Lipinski definition) is 1. The Labute approximate surface area is 115 Å². The quantitative estimate of drug-likeness (QED) is 0.882. The van der Waals surface area contributed by atoms with Crippen LogP contribution in [0, 0.1) is 18.3 Å². The van der Waals surface area contributed by atoms with Crippen molar-refractivity contribution >= 4 is 0 Å². The van der Waals surface area contributed by atoms with E-state index in [0.717, 1.165) is 43.5 Å². The second-order valence-electron chi connectivity index (χ2n) is 5.37. The van der Waals surface area contributed by atoms with E-state index >= 15 is 0 Å². The van der Waals surface area contributed by atoms with E-state index in [2.05, 4.69) is 31.3 Å². The fourth-order valence-electron chi connectivity index (χ4n) is 2.63. The van der Waals surface area contributed by atoms with Gasteiger partial charge in [0.05, 0.1) is 6.07 Å². The van der Waals surface area contributed by atoms with Crippen LogP contribution in [0.15, 0.2) is 24.3 Å². The first-order valence-corrected chi connectivity index (χ1v) is 7.08. The van der Waals surface area contributed by atoms with Crippen molar-refractivity contribution in [2.24, 2.45) is 0 Å². The van der Waals surface area contributed by atoms with Gasteiger partial charge in [-0.25, -0.2) is 0 Å². The summed E-state index contributed by atoms with van der Waals surface area (Å²) in [7, 11) is 0. The molecule has 2 atom stereocenters. The second-order valence-corrected chi connectivity index (χ2v) is 5.37. The minimum Gasteiger partial charge on any atom is -0.490 e. The highest BCUT2D eigenvalue weighted by Gasteiger charge is 2.40. The average molecular weight is 258 g/mol. The summed E-state index contributed by atoms with van der Waals surface area (Å²) in [6, 6.07) is 10.5. The van der Waals surface area contributed by atoms with Crippen molar-refractivity contribution in [1.82, 2.24) is 5.32 Å². The monoisotopic (exact) mass is 258 g/mol. The summed E-state index contributed by atoms with van der Waals surface area (Å²) in [5, 5.41) is 12.8. The molecule has 1 aliphatic carbocycles. The van der Waals surface area contributed by atoms with E-state index < -0.39 is 0 Å². The molecule has 1 saturated carbocycles. The van der Waals surface area contributed by atoms with Gasteiger partial charge in [0.15, 0.2) is 0 Å². The van der Waals surface area contributed by atoms with Crippen LogP contribution in [0.25, 0.3) is 0 Å². The van der Waals surface area contributed by atoms with E-state index in [0.29, 0.717) is 0 Å². The Morgan fingerprint density at radius 3 is 2.95 bits per heavy atom. The first kappa shape index (κ1) is 13.9. The van der Waals surface area contributed by atoms with Gasteiger partial charge in [0.2, 0.25) is 0 Å². The van der Waals surface area contributed by atoms with Gasteiger partial charge in [0.25, 0.3) is 0 Å². The second kappa shape index (κ2) is 6.08. The molecule has 1 aromatic carbocycles. The molecule has 19 heavy (non-hydrogen) atoms. The number of ether oxygens (including phenoxy) is 1. The number of nitrogens with one attached hydrogen (secondary N) is 1. The predicted octanol–water partition coefficient (Wildman–Crippen LogP) is 3.19. The van der Waals surface area contributed by atoms with Gasteiger partial charge in [-0.2, -0.15) is 5.26 Å². The van der Waals surface area contributed by atoms with Gasteiger partial charge in [-0.05, 0) is 44.4 Å². The molecule has 0 radical (unpaired) electrons. The fraction of sp³-hybridized carbons (Fsp3) is 0.562. The molecule has 1 N–H and O–H groups in total. The smallest absolute Gasteiger partial charge is 0.122 e. The molecule has 102 valence electrons. The SMILES string of the molecule is CCCNC1(C#N)CCC(Oc2ccccc2C)C1. The van der Waals surface area contributed by atoms with Crippen LogP contribution in [0.5, 0.6) is 5.75 Å². The fourth-order valence-corrected chi connectivity index (χ4v) is 2.63. The zero-order chi connectivity index (χ0) is 13.7. The van der Waals surface area contributed by atoms with Crippen LogP contribution in [-0.4, -0.2) is 18.2 Å². The molecule has 0 spiro atoms. The van der Waals surface area contributed by atoms with Crippen LogP contribution in [-0.2, 0) is 0 Å². The van der Waals surface area contributed by atoms with Crippen LogP contribution < -0.4 is 10.1 Å². The average Bonchev–Trinajstić information content (AvgIpc) is 2.83. The summed E-state index contributed by atoms with van der Waals surface area (Å²) in [5.41, 5.74) is 0.766. The molecule has 1 aliphatic rings. The standard InChI is InChI=1S/C16H22N2O/c1-3-10-18-16(12-17)9-8-14(11-16)19-15-7-5-4-6-13(15)2/h4-7,14,18H,3,8-11H2,1-2H3. The Morgan fingerprint density at radius 2 is 2.26 bits per heavy atom. The molecule has 0 heterocycles. The molecule has 0 aromatic heterocycles. The number of hydrogen-bond acceptors (Lipinski definition) is 3. The van der Waals surface area contributed by atoms with E-state index in [1.165, 1.54) is 0 Å². The van der Waals surface area contributed by atoms with Crippen LogP contribution in [0.4, 0.5) is 0 Å². The van der Waals surface area contributed by atoms with Crippen molar-refractivity contribution < 1.29 is 4.74 Å². The normalized spacial score (nSPS) is 26.1. The highest BCUT2D eigenvalue weighted by atomic mass is 16.5. The number of rotatable bonds is 5. The van der Waals surface area contributed by atoms with Crippen molar-refractivity contribution in [3.63, 3.8) is 0 Å². The minimum absolute atomic E-state index is 0.144. The van der Waals surface area contributed by atoms with Gasteiger partial charge in [0, 0.05) is 6.42 Å². The molecule has 2 rings (SSSR count). The molecule has 1 fully saturated rings. The number of nitriles is 1. The van der Waals surface area contributed by atoms with Gasteiger partial charge >= 0.3 is 0 Å². The first-order chi connectivity index (χ1) is 9.19. The zero-order valence-electron chi connectivity index (χ0n) is 11.8. The summed E-state index contributed by atoms with van der Waals surface area (Å²) in [6.07, 6.45) is 3.79. The molecular formula is C16H22N2O. The lowest BCUT2D eigenvalue weighted by Crippen LogP contribution is -2.42. The summed E-state index contributed by atoms with van der Waals surface area (Å²) in [6.45, 7) is 5.07. The van der Waals surface area contributed by atoms with Crippen molar-refractivity contribution in [3.8, 4) is 11.8 Å². The first-order valence-electron chi connectivity index (χ1n) is 7.08. The van der Waals surface area contributed by atoms with E-state index in [1.54, 1.807) is 0 Å². The van der Waals surface area contributed by atoms with E-state index in [-0.39, 0.29) is 11.6 Å². The molecule has 0 amide bonds. The van der Waals surface area contributed by atoms with Gasteiger partial charge < -0.3 is 4.74 Å². The summed E-state index contributed by atoms with van der Waals surface area (Å²) < 4.78 is 6.05. The van der Waals surface area contributed by atoms with Crippen LogP contribution in [0.2, 0.25) is 0 Å². The van der Waals surface area contributed by atoms with Gasteiger partial charge in [-0.15, -0.1) is 0 Å². The van der Waals surface area contributed by atoms with Gasteiger partial charge in [-0.3, -0.25) is 5.32 Å². The Bertz CT molecular complexity index is 466. The number of aryl methyl sites for hydroxylation is 1. The molecule has 3 nitrogen and oxygen atoms in total. The van der Waals surface area contributed by atoms with Crippen molar-refractivity contribution in [1.29, 1.82) is 5.26 Å². The van der Waals surface area contributed by atoms with Gasteiger partial charge in [-0.1, -0.05) is 25.1 Å². The minimum atomic E-state index is -0.386. The zero-order valence-corrected chi connectivity index (χ0v) is 11.8. The summed E-state index contributed by atoms with van der Waals surface area (Å²) in [4.78, 5) is 0. The lowest BCUT2D eigenvalue weighted by atomic mass is 9.99. The maximum atomic E-state index is 9.41. The molecule has 0 bridgehead atoms. The predicted molar refractivity (Wildman–Crippen MR) is 76.1 cm³/mol. The molecule has 0 aliphatic heterocycles. The molecular weight excluding hydrogens is 236 g/mol. The molecule has 2 unspecified atom stereocenters. The van der Waals surface area contributed by atoms with Crippen LogP contribution in [0.3, 0.4) is 0 Å². The lowest BCUT2D eigenvalue weighted by molar-refractivity contribution is 0.199. The Morgan fingerprint density at radius 1 is 1.47 bits per heavy atom. The lowest BCUT2D eigenvalue weighted by Gasteiger charge is -2.23. The molecule has 1 aromatic rings. The number of para-hydroxylation sites is 1.